The summed E-state index contributed by atoms with van der Waals surface area (Å²) in [6, 6.07) is 6.22. The van der Waals surface area contributed by atoms with Crippen LogP contribution in [0.1, 0.15) is 11.1 Å². The molecule has 2 aliphatic rings. The summed E-state index contributed by atoms with van der Waals surface area (Å²) >= 11 is 0. The first-order chi connectivity index (χ1) is 9.31. The summed E-state index contributed by atoms with van der Waals surface area (Å²) < 4.78 is 22.1. The van der Waals surface area contributed by atoms with Crippen LogP contribution in [0.25, 0.3) is 0 Å². The minimum absolute atomic E-state index is 0.0967. The van der Waals surface area contributed by atoms with Crippen LogP contribution in [0.15, 0.2) is 18.2 Å². The van der Waals surface area contributed by atoms with Crippen molar-refractivity contribution in [2.45, 2.75) is 31.2 Å². The predicted octanol–water partition coefficient (Wildman–Crippen LogP) is 1.59. The zero-order chi connectivity index (χ0) is 13.2. The SMILES string of the molecule is CO[C@H]1Cc2c(cccc2OC[C@@H]2CO2)C[C@H]1OC. The maximum atomic E-state index is 5.87. The van der Waals surface area contributed by atoms with Crippen LogP contribution in [-0.2, 0) is 27.1 Å². The second-order valence-corrected chi connectivity index (χ2v) is 5.12. The van der Waals surface area contributed by atoms with Crippen molar-refractivity contribution in [3.63, 3.8) is 0 Å². The van der Waals surface area contributed by atoms with E-state index in [2.05, 4.69) is 6.07 Å². The van der Waals surface area contributed by atoms with Gasteiger partial charge in [0.15, 0.2) is 0 Å². The molecule has 1 heterocycles. The van der Waals surface area contributed by atoms with Crippen LogP contribution in [0.4, 0.5) is 0 Å². The van der Waals surface area contributed by atoms with Gasteiger partial charge in [-0.1, -0.05) is 12.1 Å². The molecule has 1 aromatic carbocycles. The summed E-state index contributed by atoms with van der Waals surface area (Å²) in [4.78, 5) is 0. The smallest absolute Gasteiger partial charge is 0.123 e. The minimum Gasteiger partial charge on any atom is -0.490 e. The Labute approximate surface area is 113 Å². The maximum absolute atomic E-state index is 5.87. The summed E-state index contributed by atoms with van der Waals surface area (Å²) in [5.41, 5.74) is 2.55. The van der Waals surface area contributed by atoms with Crippen LogP contribution in [0, 0.1) is 0 Å². The van der Waals surface area contributed by atoms with Gasteiger partial charge in [-0.2, -0.15) is 0 Å². The normalized spacial score (nSPS) is 28.8. The van der Waals surface area contributed by atoms with Gasteiger partial charge >= 0.3 is 0 Å². The van der Waals surface area contributed by atoms with E-state index >= 15 is 0 Å². The molecule has 0 bridgehead atoms. The molecule has 3 rings (SSSR count). The van der Waals surface area contributed by atoms with E-state index in [4.69, 9.17) is 18.9 Å². The highest BCUT2D eigenvalue weighted by Crippen LogP contribution is 2.32. The number of rotatable bonds is 5. The van der Waals surface area contributed by atoms with E-state index in [9.17, 15) is 0 Å². The number of methoxy groups -OCH3 is 2. The molecular formula is C15H20O4. The Morgan fingerprint density at radius 3 is 2.58 bits per heavy atom. The second kappa shape index (κ2) is 5.49. The molecule has 0 saturated carbocycles. The molecule has 0 unspecified atom stereocenters. The molecule has 0 radical (unpaired) electrons. The van der Waals surface area contributed by atoms with Crippen LogP contribution in [0.3, 0.4) is 0 Å². The van der Waals surface area contributed by atoms with E-state index < -0.39 is 0 Å². The summed E-state index contributed by atoms with van der Waals surface area (Å²) in [6.45, 7) is 1.46. The van der Waals surface area contributed by atoms with Crippen LogP contribution in [0.2, 0.25) is 0 Å². The van der Waals surface area contributed by atoms with Crippen molar-refractivity contribution in [3.05, 3.63) is 29.3 Å². The molecule has 0 amide bonds. The van der Waals surface area contributed by atoms with Crippen molar-refractivity contribution in [2.24, 2.45) is 0 Å². The lowest BCUT2D eigenvalue weighted by Crippen LogP contribution is -2.38. The van der Waals surface area contributed by atoms with E-state index in [0.29, 0.717) is 6.61 Å². The number of fused-ring (bicyclic) bond motifs is 1. The fourth-order valence-electron chi connectivity index (χ4n) is 2.67. The highest BCUT2D eigenvalue weighted by molar-refractivity contribution is 5.43. The van der Waals surface area contributed by atoms with Gasteiger partial charge in [-0.05, 0) is 11.6 Å². The first-order valence-electron chi connectivity index (χ1n) is 6.72. The summed E-state index contributed by atoms with van der Waals surface area (Å²) in [5.74, 6) is 0.963. The highest BCUT2D eigenvalue weighted by Gasteiger charge is 2.31. The van der Waals surface area contributed by atoms with Gasteiger partial charge in [0.25, 0.3) is 0 Å². The molecule has 1 aliphatic heterocycles. The van der Waals surface area contributed by atoms with E-state index in [1.807, 2.05) is 12.1 Å². The zero-order valence-corrected chi connectivity index (χ0v) is 11.4. The Morgan fingerprint density at radius 1 is 1.16 bits per heavy atom. The fourth-order valence-corrected chi connectivity index (χ4v) is 2.67. The first-order valence-corrected chi connectivity index (χ1v) is 6.72. The third kappa shape index (κ3) is 2.76. The molecule has 1 aromatic rings. The number of epoxide rings is 1. The second-order valence-electron chi connectivity index (χ2n) is 5.12. The topological polar surface area (TPSA) is 40.2 Å². The molecule has 19 heavy (non-hydrogen) atoms. The molecule has 1 fully saturated rings. The van der Waals surface area contributed by atoms with E-state index in [0.717, 1.165) is 25.2 Å². The zero-order valence-electron chi connectivity index (χ0n) is 11.4. The average molecular weight is 264 g/mol. The van der Waals surface area contributed by atoms with Crippen LogP contribution in [0.5, 0.6) is 5.75 Å². The van der Waals surface area contributed by atoms with Gasteiger partial charge in [0.2, 0.25) is 0 Å². The standard InChI is InChI=1S/C15H20O4/c1-16-14-6-10-4-3-5-13(19-9-11-8-18-11)12(10)7-15(14)17-2/h3-5,11,14-15H,6-9H2,1-2H3/t11-,14+,15-/m0/s1. The lowest BCUT2D eigenvalue weighted by Gasteiger charge is -2.32. The molecule has 104 valence electrons. The molecule has 4 heteroatoms. The maximum Gasteiger partial charge on any atom is 0.123 e. The van der Waals surface area contributed by atoms with E-state index in [1.165, 1.54) is 11.1 Å². The lowest BCUT2D eigenvalue weighted by molar-refractivity contribution is -0.0402. The summed E-state index contributed by atoms with van der Waals surface area (Å²) in [7, 11) is 3.48. The van der Waals surface area contributed by atoms with E-state index in [-0.39, 0.29) is 18.3 Å². The Morgan fingerprint density at radius 2 is 1.89 bits per heavy atom. The quantitative estimate of drug-likeness (QED) is 0.757. The Hall–Kier alpha value is -1.10. The molecular weight excluding hydrogens is 244 g/mol. The van der Waals surface area contributed by atoms with Gasteiger partial charge in [-0.3, -0.25) is 0 Å². The van der Waals surface area contributed by atoms with Crippen LogP contribution < -0.4 is 4.74 Å². The van der Waals surface area contributed by atoms with Gasteiger partial charge < -0.3 is 18.9 Å². The molecule has 1 saturated heterocycles. The monoisotopic (exact) mass is 264 g/mol. The van der Waals surface area contributed by atoms with Gasteiger partial charge in [0.05, 0.1) is 18.8 Å². The summed E-state index contributed by atoms with van der Waals surface area (Å²) in [6.07, 6.45) is 2.22. The predicted molar refractivity (Wildman–Crippen MR) is 70.7 cm³/mol. The summed E-state index contributed by atoms with van der Waals surface area (Å²) in [5, 5.41) is 0. The number of hydrogen-bond acceptors (Lipinski definition) is 4. The average Bonchev–Trinajstić information content (AvgIpc) is 3.27. The van der Waals surface area contributed by atoms with Crippen LogP contribution >= 0.6 is 0 Å². The highest BCUT2D eigenvalue weighted by atomic mass is 16.6. The van der Waals surface area contributed by atoms with Gasteiger partial charge in [0.1, 0.15) is 18.5 Å². The Balaban J connectivity index is 1.80. The van der Waals surface area contributed by atoms with Crippen molar-refractivity contribution < 1.29 is 18.9 Å². The van der Waals surface area contributed by atoms with Gasteiger partial charge in [-0.15, -0.1) is 0 Å². The Kier molecular flexibility index (Phi) is 3.73. The molecule has 1 aliphatic carbocycles. The van der Waals surface area contributed by atoms with Crippen molar-refractivity contribution >= 4 is 0 Å². The molecule has 0 aromatic heterocycles. The van der Waals surface area contributed by atoms with Crippen molar-refractivity contribution in [2.75, 3.05) is 27.4 Å². The minimum atomic E-state index is 0.0967. The number of hydrogen-bond donors (Lipinski definition) is 0. The third-order valence-electron chi connectivity index (χ3n) is 3.90. The van der Waals surface area contributed by atoms with Crippen molar-refractivity contribution in [1.29, 1.82) is 0 Å². The van der Waals surface area contributed by atoms with Crippen molar-refractivity contribution in [3.8, 4) is 5.75 Å². The van der Waals surface area contributed by atoms with Crippen LogP contribution in [-0.4, -0.2) is 45.7 Å². The molecule has 0 N–H and O–H groups in total. The van der Waals surface area contributed by atoms with Crippen molar-refractivity contribution in [1.82, 2.24) is 0 Å². The molecule has 4 nitrogen and oxygen atoms in total. The van der Waals surface area contributed by atoms with E-state index in [1.54, 1.807) is 14.2 Å². The lowest BCUT2D eigenvalue weighted by atomic mass is 9.87. The number of ether oxygens (including phenoxy) is 4. The largest absolute Gasteiger partial charge is 0.490 e. The Bertz CT molecular complexity index is 442. The van der Waals surface area contributed by atoms with Gasteiger partial charge in [0, 0.05) is 32.6 Å². The molecule has 0 spiro atoms. The number of benzene rings is 1. The first kappa shape index (κ1) is 12.9. The molecule has 3 atom stereocenters. The fraction of sp³-hybridized carbons (Fsp3) is 0.600. The third-order valence-corrected chi connectivity index (χ3v) is 3.90. The van der Waals surface area contributed by atoms with Gasteiger partial charge in [-0.25, -0.2) is 0 Å².